The van der Waals surface area contributed by atoms with E-state index in [2.05, 4.69) is 41.1 Å². The summed E-state index contributed by atoms with van der Waals surface area (Å²) in [6, 6.07) is 8.72. The van der Waals surface area contributed by atoms with Gasteiger partial charge in [-0.1, -0.05) is 35.0 Å². The molecule has 2 unspecified atom stereocenters. The van der Waals surface area contributed by atoms with Crippen molar-refractivity contribution in [1.82, 2.24) is 15.0 Å². The van der Waals surface area contributed by atoms with Crippen molar-refractivity contribution in [3.63, 3.8) is 0 Å². The normalized spacial score (nSPS) is 29.3. The van der Waals surface area contributed by atoms with E-state index in [0.717, 1.165) is 18.4 Å². The molecule has 4 atom stereocenters. The molecule has 0 saturated heterocycles. The third-order valence-corrected chi connectivity index (χ3v) is 5.75. The van der Waals surface area contributed by atoms with E-state index < -0.39 is 0 Å². The fraction of sp³-hybridized carbons (Fsp3) is 0.579. The van der Waals surface area contributed by atoms with Gasteiger partial charge in [-0.3, -0.25) is 4.90 Å². The van der Waals surface area contributed by atoms with Crippen LogP contribution in [0.4, 0.5) is 0 Å². The molecule has 2 saturated carbocycles. The fourth-order valence-corrected chi connectivity index (χ4v) is 4.39. The maximum Gasteiger partial charge on any atom is 0.241 e. The zero-order valence-electron chi connectivity index (χ0n) is 14.4. The molecule has 1 N–H and O–H groups in total. The van der Waals surface area contributed by atoms with Gasteiger partial charge in [0.05, 0.1) is 12.6 Å². The second kappa shape index (κ2) is 6.30. The number of aliphatic hydroxyl groups is 1. The van der Waals surface area contributed by atoms with E-state index >= 15 is 0 Å². The number of rotatable bonds is 4. The molecule has 0 aliphatic heterocycles. The molecule has 24 heavy (non-hydrogen) atoms. The number of hydrogen-bond donors (Lipinski definition) is 1. The smallest absolute Gasteiger partial charge is 0.241 e. The van der Waals surface area contributed by atoms with Crippen LogP contribution in [-0.2, 0) is 6.54 Å². The average Bonchev–Trinajstić information content (AvgIpc) is 3.22. The summed E-state index contributed by atoms with van der Waals surface area (Å²) < 4.78 is 5.45. The molecule has 128 valence electrons. The predicted molar refractivity (Wildman–Crippen MR) is 91.2 cm³/mol. The lowest BCUT2D eigenvalue weighted by Gasteiger charge is -2.23. The molecule has 5 nitrogen and oxygen atoms in total. The number of aryl methyl sites for hydroxylation is 1. The molecule has 1 aromatic heterocycles. The number of aromatic nitrogens is 2. The number of nitrogens with zero attached hydrogens (tertiary/aromatic N) is 3. The Bertz CT molecular complexity index is 683. The Morgan fingerprint density at radius 1 is 1.12 bits per heavy atom. The summed E-state index contributed by atoms with van der Waals surface area (Å²) in [6.07, 6.45) is 4.24. The van der Waals surface area contributed by atoms with Gasteiger partial charge in [-0.25, -0.2) is 0 Å². The first kappa shape index (κ1) is 15.8. The largest absolute Gasteiger partial charge is 0.393 e. The van der Waals surface area contributed by atoms with E-state index in [9.17, 15) is 5.11 Å². The Balaban J connectivity index is 1.38. The van der Waals surface area contributed by atoms with E-state index in [-0.39, 0.29) is 6.10 Å². The molecule has 2 aliphatic rings. The van der Waals surface area contributed by atoms with E-state index in [0.29, 0.717) is 36.1 Å². The molecule has 0 spiro atoms. The molecule has 1 heterocycles. The Hall–Kier alpha value is -1.72. The predicted octanol–water partition coefficient (Wildman–Crippen LogP) is 3.03. The van der Waals surface area contributed by atoms with Crippen molar-refractivity contribution in [2.75, 3.05) is 7.05 Å². The summed E-state index contributed by atoms with van der Waals surface area (Å²) in [4.78, 5) is 6.88. The summed E-state index contributed by atoms with van der Waals surface area (Å²) in [6.45, 7) is 2.75. The standard InChI is InChI=1S/C19H25N3O2/c1-12-3-5-13(6-4-12)19-20-18(24-21-19)11-22(2)16-7-14-9-17(23)10-15(14)8-16/h3-6,14-17,23H,7-11H2,1-2H3/t14-,15+,16?,17?. The van der Waals surface area contributed by atoms with E-state index in [4.69, 9.17) is 4.52 Å². The molecule has 5 heteroatoms. The molecule has 2 aliphatic carbocycles. The second-order valence-electron chi connectivity index (χ2n) is 7.56. The monoisotopic (exact) mass is 327 g/mol. The van der Waals surface area contributed by atoms with Gasteiger partial charge in [-0.15, -0.1) is 0 Å². The van der Waals surface area contributed by atoms with E-state index in [1.54, 1.807) is 0 Å². The van der Waals surface area contributed by atoms with Gasteiger partial charge < -0.3 is 9.63 Å². The van der Waals surface area contributed by atoms with Crippen LogP contribution in [0.25, 0.3) is 11.4 Å². The quantitative estimate of drug-likeness (QED) is 0.935. The molecule has 0 radical (unpaired) electrons. The molecular weight excluding hydrogens is 302 g/mol. The minimum atomic E-state index is -0.0701. The number of fused-ring (bicyclic) bond motifs is 1. The lowest BCUT2D eigenvalue weighted by Crippen LogP contribution is -2.30. The van der Waals surface area contributed by atoms with Crippen LogP contribution < -0.4 is 0 Å². The third-order valence-electron chi connectivity index (χ3n) is 5.75. The highest BCUT2D eigenvalue weighted by Gasteiger charge is 2.42. The van der Waals surface area contributed by atoms with E-state index in [1.165, 1.54) is 18.4 Å². The van der Waals surface area contributed by atoms with Gasteiger partial charge in [0.25, 0.3) is 0 Å². The zero-order valence-corrected chi connectivity index (χ0v) is 14.4. The van der Waals surface area contributed by atoms with Crippen molar-refractivity contribution >= 4 is 0 Å². The van der Waals surface area contributed by atoms with Crippen molar-refractivity contribution < 1.29 is 9.63 Å². The van der Waals surface area contributed by atoms with Crippen LogP contribution in [-0.4, -0.2) is 39.3 Å². The van der Waals surface area contributed by atoms with Crippen LogP contribution in [0.3, 0.4) is 0 Å². The highest BCUT2D eigenvalue weighted by atomic mass is 16.5. The average molecular weight is 327 g/mol. The first-order valence-corrected chi connectivity index (χ1v) is 8.86. The highest BCUT2D eigenvalue weighted by Crippen LogP contribution is 2.45. The molecule has 1 aromatic carbocycles. The summed E-state index contributed by atoms with van der Waals surface area (Å²) in [5.74, 6) is 2.71. The lowest BCUT2D eigenvalue weighted by atomic mass is 10.0. The fourth-order valence-electron chi connectivity index (χ4n) is 4.39. The summed E-state index contributed by atoms with van der Waals surface area (Å²) in [5, 5.41) is 13.9. The molecule has 2 fully saturated rings. The van der Waals surface area contributed by atoms with Crippen molar-refractivity contribution in [2.45, 2.75) is 51.3 Å². The van der Waals surface area contributed by atoms with Crippen LogP contribution in [0.5, 0.6) is 0 Å². The molecule has 4 rings (SSSR count). The molecule has 0 amide bonds. The summed E-state index contributed by atoms with van der Waals surface area (Å²) in [5.41, 5.74) is 2.21. The van der Waals surface area contributed by atoms with Gasteiger partial charge in [0.15, 0.2) is 0 Å². The SMILES string of the molecule is Cc1ccc(-c2noc(CN(C)C3C[C@H]4CC(O)C[C@H]4C3)n2)cc1. The second-order valence-corrected chi connectivity index (χ2v) is 7.56. The number of aliphatic hydroxyl groups excluding tert-OH is 1. The highest BCUT2D eigenvalue weighted by molar-refractivity contribution is 5.54. The Kier molecular flexibility index (Phi) is 4.14. The van der Waals surface area contributed by atoms with Crippen molar-refractivity contribution in [3.05, 3.63) is 35.7 Å². The third kappa shape index (κ3) is 3.10. The number of hydrogen-bond acceptors (Lipinski definition) is 5. The van der Waals surface area contributed by atoms with Crippen molar-refractivity contribution in [1.29, 1.82) is 0 Å². The van der Waals surface area contributed by atoms with Crippen LogP contribution in [0.1, 0.15) is 37.1 Å². The maximum absolute atomic E-state index is 9.78. The van der Waals surface area contributed by atoms with Crippen LogP contribution in [0, 0.1) is 18.8 Å². The van der Waals surface area contributed by atoms with Gasteiger partial charge in [-0.05, 0) is 51.5 Å². The first-order chi connectivity index (χ1) is 11.6. The molecule has 2 aromatic rings. The first-order valence-electron chi connectivity index (χ1n) is 8.86. The zero-order chi connectivity index (χ0) is 16.7. The van der Waals surface area contributed by atoms with Crippen molar-refractivity contribution in [3.8, 4) is 11.4 Å². The van der Waals surface area contributed by atoms with Gasteiger partial charge in [0.1, 0.15) is 0 Å². The molecular formula is C19H25N3O2. The summed E-state index contributed by atoms with van der Waals surface area (Å²) >= 11 is 0. The van der Waals surface area contributed by atoms with Crippen molar-refractivity contribution in [2.24, 2.45) is 11.8 Å². The van der Waals surface area contributed by atoms with Crippen LogP contribution in [0.15, 0.2) is 28.8 Å². The Morgan fingerprint density at radius 2 is 1.79 bits per heavy atom. The Morgan fingerprint density at radius 3 is 2.46 bits per heavy atom. The van der Waals surface area contributed by atoms with Gasteiger partial charge in [-0.2, -0.15) is 4.98 Å². The summed E-state index contributed by atoms with van der Waals surface area (Å²) in [7, 11) is 2.14. The lowest BCUT2D eigenvalue weighted by molar-refractivity contribution is 0.153. The Labute approximate surface area is 142 Å². The number of benzene rings is 1. The van der Waals surface area contributed by atoms with Crippen LogP contribution >= 0.6 is 0 Å². The van der Waals surface area contributed by atoms with Crippen LogP contribution in [0.2, 0.25) is 0 Å². The van der Waals surface area contributed by atoms with Gasteiger partial charge >= 0.3 is 0 Å². The minimum absolute atomic E-state index is 0.0701. The molecule has 0 bridgehead atoms. The minimum Gasteiger partial charge on any atom is -0.393 e. The van der Waals surface area contributed by atoms with E-state index in [1.807, 2.05) is 12.1 Å². The maximum atomic E-state index is 9.78. The topological polar surface area (TPSA) is 62.4 Å². The van der Waals surface area contributed by atoms with Gasteiger partial charge in [0, 0.05) is 11.6 Å². The van der Waals surface area contributed by atoms with Gasteiger partial charge in [0.2, 0.25) is 11.7 Å².